The van der Waals surface area contributed by atoms with Gasteiger partial charge in [0.1, 0.15) is 17.1 Å². The van der Waals surface area contributed by atoms with E-state index in [0.29, 0.717) is 30.4 Å². The lowest BCUT2D eigenvalue weighted by Gasteiger charge is -2.24. The summed E-state index contributed by atoms with van der Waals surface area (Å²) in [5, 5.41) is 26.1. The number of hydrogen-bond donors (Lipinski definition) is 3. The van der Waals surface area contributed by atoms with Gasteiger partial charge in [0.15, 0.2) is 5.96 Å². The summed E-state index contributed by atoms with van der Waals surface area (Å²) in [5.41, 5.74) is 1.25. The van der Waals surface area contributed by atoms with Gasteiger partial charge >= 0.3 is 0 Å². The third kappa shape index (κ3) is 6.56. The lowest BCUT2D eigenvalue weighted by atomic mass is 9.96. The summed E-state index contributed by atoms with van der Waals surface area (Å²) in [6.07, 6.45) is 0. The average molecular weight is 482 g/mol. The second kappa shape index (κ2) is 10.3. The van der Waals surface area contributed by atoms with E-state index in [-0.39, 0.29) is 30.5 Å². The van der Waals surface area contributed by atoms with Gasteiger partial charge in [0.2, 0.25) is 0 Å². The first-order chi connectivity index (χ1) is 12.4. The predicted molar refractivity (Wildman–Crippen MR) is 117 cm³/mol. The molecule has 2 rings (SSSR count). The van der Waals surface area contributed by atoms with Gasteiger partial charge in [0, 0.05) is 12.1 Å². The largest absolute Gasteiger partial charge is 0.466 e. The third-order valence-electron chi connectivity index (χ3n) is 4.04. The lowest BCUT2D eigenvalue weighted by molar-refractivity contribution is 0.0601. The highest BCUT2D eigenvalue weighted by Crippen LogP contribution is 2.26. The number of nitriles is 1. The van der Waals surface area contributed by atoms with Gasteiger partial charge in [0.05, 0.1) is 24.7 Å². The van der Waals surface area contributed by atoms with Crippen LogP contribution >= 0.6 is 24.0 Å². The first-order valence-corrected chi connectivity index (χ1v) is 8.67. The molecule has 0 fully saturated rings. The van der Waals surface area contributed by atoms with E-state index in [1.165, 1.54) is 0 Å². The fourth-order valence-electron chi connectivity index (χ4n) is 2.77. The molecule has 0 aliphatic carbocycles. The molecule has 7 heteroatoms. The van der Waals surface area contributed by atoms with E-state index in [2.05, 4.69) is 21.7 Å². The molecule has 2 aromatic rings. The van der Waals surface area contributed by atoms with Crippen molar-refractivity contribution in [1.82, 2.24) is 10.6 Å². The van der Waals surface area contributed by atoms with Crippen molar-refractivity contribution < 1.29 is 9.52 Å². The summed E-state index contributed by atoms with van der Waals surface area (Å²) < 4.78 is 5.52. The maximum Gasteiger partial charge on any atom is 0.191 e. The smallest absolute Gasteiger partial charge is 0.191 e. The molecule has 0 saturated heterocycles. The minimum Gasteiger partial charge on any atom is -0.466 e. The Morgan fingerprint density at radius 1 is 1.30 bits per heavy atom. The normalized spacial score (nSPS) is 13.3. The SMILES string of the molecule is CCNC(=NCc1cccc(C#N)c1)NCC(C)(O)c1cc(C)oc1C.I. The number of aliphatic hydroxyl groups is 1. The Morgan fingerprint density at radius 2 is 2.04 bits per heavy atom. The molecule has 146 valence electrons. The van der Waals surface area contributed by atoms with Crippen LogP contribution in [0.5, 0.6) is 0 Å². The zero-order chi connectivity index (χ0) is 19.2. The van der Waals surface area contributed by atoms with Crippen molar-refractivity contribution in [3.63, 3.8) is 0 Å². The van der Waals surface area contributed by atoms with Crippen molar-refractivity contribution in [1.29, 1.82) is 5.26 Å². The zero-order valence-electron chi connectivity index (χ0n) is 16.2. The monoisotopic (exact) mass is 482 g/mol. The van der Waals surface area contributed by atoms with Gasteiger partial charge in [-0.15, -0.1) is 24.0 Å². The zero-order valence-corrected chi connectivity index (χ0v) is 18.5. The summed E-state index contributed by atoms with van der Waals surface area (Å²) in [5.74, 6) is 2.09. The Balaban J connectivity index is 0.00000364. The van der Waals surface area contributed by atoms with Gasteiger partial charge in [-0.1, -0.05) is 12.1 Å². The molecule has 1 aromatic carbocycles. The summed E-state index contributed by atoms with van der Waals surface area (Å²) in [7, 11) is 0. The van der Waals surface area contributed by atoms with Gasteiger partial charge in [-0.25, -0.2) is 4.99 Å². The number of halogens is 1. The highest BCUT2D eigenvalue weighted by Gasteiger charge is 2.27. The number of furan rings is 1. The third-order valence-corrected chi connectivity index (χ3v) is 4.04. The highest BCUT2D eigenvalue weighted by atomic mass is 127. The molecule has 0 aliphatic rings. The maximum atomic E-state index is 10.8. The molecule has 27 heavy (non-hydrogen) atoms. The Bertz CT molecular complexity index is 822. The summed E-state index contributed by atoms with van der Waals surface area (Å²) in [6, 6.07) is 11.3. The fraction of sp³-hybridized carbons (Fsp3) is 0.400. The molecule has 1 unspecified atom stereocenters. The van der Waals surface area contributed by atoms with Crippen LogP contribution in [-0.2, 0) is 12.1 Å². The molecule has 0 spiro atoms. The van der Waals surface area contributed by atoms with Crippen LogP contribution in [0.4, 0.5) is 0 Å². The Hall–Kier alpha value is -2.05. The maximum absolute atomic E-state index is 10.8. The van der Waals surface area contributed by atoms with Gasteiger partial charge in [-0.3, -0.25) is 0 Å². The van der Waals surface area contributed by atoms with E-state index in [1.54, 1.807) is 13.0 Å². The number of hydrogen-bond acceptors (Lipinski definition) is 4. The van der Waals surface area contributed by atoms with Crippen molar-refractivity contribution >= 4 is 29.9 Å². The second-order valence-electron chi connectivity index (χ2n) is 6.46. The molecular formula is C20H27IN4O2. The van der Waals surface area contributed by atoms with E-state index in [1.807, 2.05) is 45.0 Å². The topological polar surface area (TPSA) is 93.6 Å². The van der Waals surface area contributed by atoms with E-state index < -0.39 is 5.60 Å². The number of benzene rings is 1. The Kier molecular flexibility index (Phi) is 8.79. The summed E-state index contributed by atoms with van der Waals surface area (Å²) >= 11 is 0. The molecule has 1 aromatic heterocycles. The second-order valence-corrected chi connectivity index (χ2v) is 6.46. The summed E-state index contributed by atoms with van der Waals surface area (Å²) in [6.45, 7) is 8.87. The van der Waals surface area contributed by atoms with Crippen molar-refractivity contribution in [3.05, 3.63) is 58.5 Å². The van der Waals surface area contributed by atoms with Crippen LogP contribution in [-0.4, -0.2) is 24.2 Å². The van der Waals surface area contributed by atoms with Crippen LogP contribution in [0.1, 0.15) is 42.1 Å². The van der Waals surface area contributed by atoms with Crippen LogP contribution in [0.2, 0.25) is 0 Å². The number of aryl methyl sites for hydroxylation is 2. The van der Waals surface area contributed by atoms with E-state index in [4.69, 9.17) is 9.68 Å². The number of nitrogens with one attached hydrogen (secondary N) is 2. The first kappa shape index (κ1) is 23.0. The van der Waals surface area contributed by atoms with Gasteiger partial charge < -0.3 is 20.2 Å². The van der Waals surface area contributed by atoms with E-state index >= 15 is 0 Å². The molecular weight excluding hydrogens is 455 g/mol. The standard InChI is InChI=1S/C20H26N4O2.HI/c1-5-22-19(23-12-17-8-6-7-16(10-17)11-21)24-13-20(4,25)18-9-14(2)26-15(18)3;/h6-10,25H,5,12-13H2,1-4H3,(H2,22,23,24);1H. The van der Waals surface area contributed by atoms with Gasteiger partial charge in [0.25, 0.3) is 0 Å². The number of guanidine groups is 1. The van der Waals surface area contributed by atoms with Crippen LogP contribution in [0.15, 0.2) is 39.7 Å². The minimum absolute atomic E-state index is 0. The minimum atomic E-state index is -1.08. The molecule has 0 aliphatic heterocycles. The fourth-order valence-corrected chi connectivity index (χ4v) is 2.77. The molecule has 0 amide bonds. The average Bonchev–Trinajstić information content (AvgIpc) is 2.97. The molecule has 1 atom stereocenters. The highest BCUT2D eigenvalue weighted by molar-refractivity contribution is 14.0. The summed E-state index contributed by atoms with van der Waals surface area (Å²) in [4.78, 5) is 4.53. The van der Waals surface area contributed by atoms with E-state index in [0.717, 1.165) is 16.9 Å². The van der Waals surface area contributed by atoms with Crippen molar-refractivity contribution in [2.24, 2.45) is 4.99 Å². The quantitative estimate of drug-likeness (QED) is 0.334. The first-order valence-electron chi connectivity index (χ1n) is 8.67. The molecule has 0 bridgehead atoms. The number of rotatable bonds is 6. The van der Waals surface area contributed by atoms with Crippen LogP contribution in [0.25, 0.3) is 0 Å². The van der Waals surface area contributed by atoms with Crippen molar-refractivity contribution in [3.8, 4) is 6.07 Å². The molecule has 1 heterocycles. The van der Waals surface area contributed by atoms with Crippen LogP contribution in [0, 0.1) is 25.2 Å². The number of nitrogens with zero attached hydrogens (tertiary/aromatic N) is 2. The van der Waals surface area contributed by atoms with Crippen LogP contribution < -0.4 is 10.6 Å². The lowest BCUT2D eigenvalue weighted by Crippen LogP contribution is -2.44. The Morgan fingerprint density at radius 3 is 2.63 bits per heavy atom. The molecule has 0 saturated carbocycles. The molecule has 0 radical (unpaired) electrons. The predicted octanol–water partition coefficient (Wildman–Crippen LogP) is 3.35. The molecule has 6 nitrogen and oxygen atoms in total. The van der Waals surface area contributed by atoms with E-state index in [9.17, 15) is 5.11 Å². The van der Waals surface area contributed by atoms with Crippen molar-refractivity contribution in [2.75, 3.05) is 13.1 Å². The Labute approximate surface area is 177 Å². The van der Waals surface area contributed by atoms with Crippen LogP contribution in [0.3, 0.4) is 0 Å². The number of aliphatic imine (C=N–C) groups is 1. The van der Waals surface area contributed by atoms with Crippen molar-refractivity contribution in [2.45, 2.75) is 39.8 Å². The molecule has 3 N–H and O–H groups in total. The van der Waals surface area contributed by atoms with Gasteiger partial charge in [-0.05, 0) is 51.5 Å². The van der Waals surface area contributed by atoms with Gasteiger partial charge in [-0.2, -0.15) is 5.26 Å².